The zero-order chi connectivity index (χ0) is 17.9. The highest BCUT2D eigenvalue weighted by atomic mass is 19.1. The number of hydrogen-bond donors (Lipinski definition) is 3. The second kappa shape index (κ2) is 7.11. The van der Waals surface area contributed by atoms with E-state index in [-0.39, 0.29) is 24.4 Å². The van der Waals surface area contributed by atoms with Gasteiger partial charge in [0.15, 0.2) is 0 Å². The standard InChI is InChI=1S/C19H21FN2O3/c1-19(24,13-6-8-14(20)9-7-13)12-21-18(23)22-16-10-11-25-17-5-3-2-4-15(16)17/h2-9,16,24H,10-12H2,1H3,(H2,21,22,23). The van der Waals surface area contributed by atoms with Crippen LogP contribution >= 0.6 is 0 Å². The number of rotatable bonds is 4. The lowest BCUT2D eigenvalue weighted by atomic mass is 9.96. The molecule has 3 N–H and O–H groups in total. The van der Waals surface area contributed by atoms with Crippen LogP contribution in [-0.4, -0.2) is 24.3 Å². The Kier molecular flexibility index (Phi) is 4.90. The molecule has 0 fully saturated rings. The highest BCUT2D eigenvalue weighted by Gasteiger charge is 2.26. The number of halogens is 1. The Labute approximate surface area is 145 Å². The van der Waals surface area contributed by atoms with Crippen molar-refractivity contribution in [2.45, 2.75) is 25.0 Å². The molecule has 2 aromatic rings. The molecular weight excluding hydrogens is 323 g/mol. The zero-order valence-corrected chi connectivity index (χ0v) is 14.0. The van der Waals surface area contributed by atoms with Gasteiger partial charge in [-0.25, -0.2) is 9.18 Å². The molecule has 0 saturated carbocycles. The molecule has 5 nitrogen and oxygen atoms in total. The molecule has 6 heteroatoms. The molecule has 2 aromatic carbocycles. The van der Waals surface area contributed by atoms with Crippen LogP contribution < -0.4 is 15.4 Å². The maximum atomic E-state index is 13.0. The summed E-state index contributed by atoms with van der Waals surface area (Å²) >= 11 is 0. The summed E-state index contributed by atoms with van der Waals surface area (Å²) in [6.45, 7) is 2.12. The first-order chi connectivity index (χ1) is 12.0. The van der Waals surface area contributed by atoms with Gasteiger partial charge in [-0.3, -0.25) is 0 Å². The molecule has 25 heavy (non-hydrogen) atoms. The predicted molar refractivity (Wildman–Crippen MR) is 91.8 cm³/mol. The van der Waals surface area contributed by atoms with Gasteiger partial charge in [0, 0.05) is 12.0 Å². The number of para-hydroxylation sites is 1. The largest absolute Gasteiger partial charge is 0.493 e. The molecule has 0 saturated heterocycles. The maximum Gasteiger partial charge on any atom is 0.315 e. The van der Waals surface area contributed by atoms with Crippen molar-refractivity contribution in [3.05, 3.63) is 65.5 Å². The van der Waals surface area contributed by atoms with E-state index in [4.69, 9.17) is 4.74 Å². The monoisotopic (exact) mass is 344 g/mol. The van der Waals surface area contributed by atoms with E-state index < -0.39 is 5.60 Å². The van der Waals surface area contributed by atoms with Gasteiger partial charge in [0.25, 0.3) is 0 Å². The number of carbonyl (C=O) groups excluding carboxylic acids is 1. The van der Waals surface area contributed by atoms with Gasteiger partial charge in [-0.05, 0) is 30.7 Å². The molecule has 1 aliphatic heterocycles. The molecule has 0 aromatic heterocycles. The highest BCUT2D eigenvalue weighted by molar-refractivity contribution is 5.74. The summed E-state index contributed by atoms with van der Waals surface area (Å²) in [5.74, 6) is 0.404. The summed E-state index contributed by atoms with van der Waals surface area (Å²) in [6, 6.07) is 12.7. The minimum absolute atomic E-state index is 0.00926. The molecule has 0 bridgehead atoms. The highest BCUT2D eigenvalue weighted by Crippen LogP contribution is 2.31. The van der Waals surface area contributed by atoms with Crippen LogP contribution in [-0.2, 0) is 5.60 Å². The van der Waals surface area contributed by atoms with Crippen LogP contribution in [0.5, 0.6) is 5.75 Å². The molecule has 0 spiro atoms. The van der Waals surface area contributed by atoms with Gasteiger partial charge in [-0.1, -0.05) is 30.3 Å². The molecule has 2 unspecified atom stereocenters. The van der Waals surface area contributed by atoms with Crippen molar-refractivity contribution in [1.82, 2.24) is 10.6 Å². The normalized spacial score (nSPS) is 18.4. The number of aliphatic hydroxyl groups is 1. The van der Waals surface area contributed by atoms with E-state index in [0.717, 1.165) is 11.3 Å². The second-order valence-corrected chi connectivity index (χ2v) is 6.34. The first-order valence-corrected chi connectivity index (χ1v) is 8.20. The van der Waals surface area contributed by atoms with E-state index >= 15 is 0 Å². The third-order valence-electron chi connectivity index (χ3n) is 4.32. The molecule has 2 amide bonds. The van der Waals surface area contributed by atoms with E-state index in [1.807, 2.05) is 24.3 Å². The van der Waals surface area contributed by atoms with Crippen LogP contribution in [0.4, 0.5) is 9.18 Å². The number of fused-ring (bicyclic) bond motifs is 1. The fourth-order valence-corrected chi connectivity index (χ4v) is 2.86. The number of carbonyl (C=O) groups is 1. The Morgan fingerprint density at radius 1 is 1.28 bits per heavy atom. The maximum absolute atomic E-state index is 13.0. The Morgan fingerprint density at radius 2 is 2.00 bits per heavy atom. The predicted octanol–water partition coefficient (Wildman–Crippen LogP) is 2.86. The van der Waals surface area contributed by atoms with Crippen LogP contribution in [0.25, 0.3) is 0 Å². The van der Waals surface area contributed by atoms with Crippen LogP contribution in [0, 0.1) is 5.82 Å². The molecule has 1 aliphatic rings. The van der Waals surface area contributed by atoms with E-state index in [9.17, 15) is 14.3 Å². The van der Waals surface area contributed by atoms with Gasteiger partial charge in [0.1, 0.15) is 17.2 Å². The summed E-state index contributed by atoms with van der Waals surface area (Å²) in [5, 5.41) is 16.1. The Hall–Kier alpha value is -2.60. The van der Waals surface area contributed by atoms with Crippen molar-refractivity contribution in [3.8, 4) is 5.75 Å². The molecular formula is C19H21FN2O3. The minimum Gasteiger partial charge on any atom is -0.493 e. The van der Waals surface area contributed by atoms with Crippen LogP contribution in [0.1, 0.15) is 30.5 Å². The lowest BCUT2D eigenvalue weighted by Gasteiger charge is -2.28. The summed E-state index contributed by atoms with van der Waals surface area (Å²) in [4.78, 5) is 12.2. The summed E-state index contributed by atoms with van der Waals surface area (Å²) in [7, 11) is 0. The molecule has 0 aliphatic carbocycles. The van der Waals surface area contributed by atoms with Gasteiger partial charge in [-0.15, -0.1) is 0 Å². The fourth-order valence-electron chi connectivity index (χ4n) is 2.86. The lowest BCUT2D eigenvalue weighted by Crippen LogP contribution is -2.45. The van der Waals surface area contributed by atoms with E-state index in [2.05, 4.69) is 10.6 Å². The number of nitrogens with one attached hydrogen (secondary N) is 2. The number of urea groups is 1. The van der Waals surface area contributed by atoms with Gasteiger partial charge >= 0.3 is 6.03 Å². The van der Waals surface area contributed by atoms with E-state index in [0.29, 0.717) is 18.6 Å². The van der Waals surface area contributed by atoms with Gasteiger partial charge in [0.05, 0.1) is 19.2 Å². The number of ether oxygens (including phenoxy) is 1. The minimum atomic E-state index is -1.29. The molecule has 2 atom stereocenters. The summed E-state index contributed by atoms with van der Waals surface area (Å²) < 4.78 is 18.6. The number of amides is 2. The SMILES string of the molecule is CC(O)(CNC(=O)NC1CCOc2ccccc21)c1ccc(F)cc1. The summed E-state index contributed by atoms with van der Waals surface area (Å²) in [5.41, 5.74) is 0.179. The van der Waals surface area contributed by atoms with Crippen molar-refractivity contribution in [3.63, 3.8) is 0 Å². The molecule has 1 heterocycles. The van der Waals surface area contributed by atoms with Crippen molar-refractivity contribution >= 4 is 6.03 Å². The van der Waals surface area contributed by atoms with Crippen molar-refractivity contribution < 1.29 is 19.0 Å². The summed E-state index contributed by atoms with van der Waals surface area (Å²) in [6.07, 6.45) is 0.679. The average molecular weight is 344 g/mol. The Morgan fingerprint density at radius 3 is 2.76 bits per heavy atom. The topological polar surface area (TPSA) is 70.6 Å². The van der Waals surface area contributed by atoms with Gasteiger partial charge in [-0.2, -0.15) is 0 Å². The van der Waals surface area contributed by atoms with Gasteiger partial charge in [0.2, 0.25) is 0 Å². The third kappa shape index (κ3) is 4.09. The first-order valence-electron chi connectivity index (χ1n) is 8.20. The number of hydrogen-bond acceptors (Lipinski definition) is 3. The van der Waals surface area contributed by atoms with E-state index in [1.54, 1.807) is 6.92 Å². The van der Waals surface area contributed by atoms with Crippen molar-refractivity contribution in [2.75, 3.05) is 13.2 Å². The molecule has 132 valence electrons. The van der Waals surface area contributed by atoms with Crippen molar-refractivity contribution in [2.24, 2.45) is 0 Å². The third-order valence-corrected chi connectivity index (χ3v) is 4.32. The number of benzene rings is 2. The van der Waals surface area contributed by atoms with Gasteiger partial charge < -0.3 is 20.5 Å². The van der Waals surface area contributed by atoms with Crippen molar-refractivity contribution in [1.29, 1.82) is 0 Å². The van der Waals surface area contributed by atoms with Crippen LogP contribution in [0.3, 0.4) is 0 Å². The van der Waals surface area contributed by atoms with Crippen LogP contribution in [0.2, 0.25) is 0 Å². The fraction of sp³-hybridized carbons (Fsp3) is 0.316. The first kappa shape index (κ1) is 17.2. The quantitative estimate of drug-likeness (QED) is 0.799. The average Bonchev–Trinajstić information content (AvgIpc) is 2.61. The van der Waals surface area contributed by atoms with E-state index in [1.165, 1.54) is 24.3 Å². The Balaban J connectivity index is 1.59. The smallest absolute Gasteiger partial charge is 0.315 e. The lowest BCUT2D eigenvalue weighted by molar-refractivity contribution is 0.0591. The molecule has 3 rings (SSSR count). The molecule has 0 radical (unpaired) electrons. The Bertz CT molecular complexity index is 747. The zero-order valence-electron chi connectivity index (χ0n) is 14.0. The van der Waals surface area contributed by atoms with Crippen LogP contribution in [0.15, 0.2) is 48.5 Å². The second-order valence-electron chi connectivity index (χ2n) is 6.34.